The smallest absolute Gasteiger partial charge is 0.0991 e. The zero-order valence-corrected chi connectivity index (χ0v) is 34.1. The fourth-order valence-corrected chi connectivity index (χ4v) is 11.4. The van der Waals surface area contributed by atoms with E-state index in [1.807, 2.05) is 29.5 Å². The van der Waals surface area contributed by atoms with Crippen LogP contribution in [0.25, 0.3) is 124 Å². The highest BCUT2D eigenvalue weighted by Crippen LogP contribution is 2.48. The molecule has 4 heteroatoms. The summed E-state index contributed by atoms with van der Waals surface area (Å²) >= 11 is 1.87. The molecular weight excluding hydrogens is 771 g/mol. The van der Waals surface area contributed by atoms with Gasteiger partial charge in [0.2, 0.25) is 0 Å². The molecule has 62 heavy (non-hydrogen) atoms. The summed E-state index contributed by atoms with van der Waals surface area (Å²) in [5.41, 5.74) is 11.7. The Kier molecular flexibility index (Phi) is 7.54. The maximum Gasteiger partial charge on any atom is 0.0991 e. The second-order valence-corrected chi connectivity index (χ2v) is 17.2. The Balaban J connectivity index is 1.08. The summed E-state index contributed by atoms with van der Waals surface area (Å²) in [6, 6.07) is 74.3. The van der Waals surface area contributed by atoms with Gasteiger partial charge in [-0.2, -0.15) is 5.26 Å². The van der Waals surface area contributed by atoms with Gasteiger partial charge in [0, 0.05) is 58.4 Å². The Labute approximate surface area is 360 Å². The van der Waals surface area contributed by atoms with Crippen LogP contribution in [-0.4, -0.2) is 9.55 Å². The Morgan fingerprint density at radius 2 is 0.968 bits per heavy atom. The molecule has 0 spiro atoms. The van der Waals surface area contributed by atoms with Gasteiger partial charge in [0.05, 0.1) is 33.9 Å². The van der Waals surface area contributed by atoms with E-state index in [-0.39, 0.29) is 0 Å². The van der Waals surface area contributed by atoms with Crippen LogP contribution in [0.4, 0.5) is 0 Å². The molecule has 0 bridgehead atoms. The van der Waals surface area contributed by atoms with Gasteiger partial charge in [-0.25, -0.2) is 4.98 Å². The zero-order valence-electron chi connectivity index (χ0n) is 33.3. The van der Waals surface area contributed by atoms with E-state index in [2.05, 4.69) is 193 Å². The largest absolute Gasteiger partial charge is 0.309 e. The lowest BCUT2D eigenvalue weighted by Crippen LogP contribution is -1.94. The number of rotatable bonds is 4. The molecular formula is C58H33N3S. The molecule has 0 atom stereocenters. The van der Waals surface area contributed by atoms with Gasteiger partial charge in [-0.3, -0.25) is 0 Å². The van der Waals surface area contributed by atoms with E-state index in [0.717, 1.165) is 60.8 Å². The van der Waals surface area contributed by atoms with Gasteiger partial charge in [-0.05, 0) is 98.4 Å². The number of para-hydroxylation sites is 1. The molecule has 0 saturated carbocycles. The molecule has 3 aromatic heterocycles. The van der Waals surface area contributed by atoms with E-state index < -0.39 is 0 Å². The van der Waals surface area contributed by atoms with E-state index in [1.54, 1.807) is 0 Å². The molecule has 3 heterocycles. The van der Waals surface area contributed by atoms with Crippen molar-refractivity contribution in [1.29, 1.82) is 5.26 Å². The monoisotopic (exact) mass is 803 g/mol. The lowest BCUT2D eigenvalue weighted by atomic mass is 9.85. The van der Waals surface area contributed by atoms with Crippen LogP contribution in [-0.2, 0) is 0 Å². The highest BCUT2D eigenvalue weighted by Gasteiger charge is 2.21. The predicted molar refractivity (Wildman–Crippen MR) is 263 cm³/mol. The van der Waals surface area contributed by atoms with E-state index in [0.29, 0.717) is 5.56 Å². The van der Waals surface area contributed by atoms with Crippen LogP contribution in [0.1, 0.15) is 5.56 Å². The van der Waals surface area contributed by atoms with Gasteiger partial charge in [0.25, 0.3) is 0 Å². The summed E-state index contributed by atoms with van der Waals surface area (Å²) in [5.74, 6) is 0. The van der Waals surface area contributed by atoms with Crippen LogP contribution in [0, 0.1) is 11.3 Å². The Morgan fingerprint density at radius 3 is 1.66 bits per heavy atom. The number of nitrogens with zero attached hydrogens (tertiary/aromatic N) is 3. The van der Waals surface area contributed by atoms with Crippen LogP contribution in [0.2, 0.25) is 0 Å². The first-order valence-corrected chi connectivity index (χ1v) is 21.7. The molecule has 13 aromatic rings. The molecule has 0 saturated heterocycles. The molecule has 0 amide bonds. The minimum atomic E-state index is 0.650. The summed E-state index contributed by atoms with van der Waals surface area (Å²) < 4.78 is 4.90. The molecule has 0 aliphatic rings. The topological polar surface area (TPSA) is 41.6 Å². The van der Waals surface area contributed by atoms with Crippen LogP contribution in [0.5, 0.6) is 0 Å². The first kappa shape index (κ1) is 34.7. The number of hydrogen-bond acceptors (Lipinski definition) is 3. The van der Waals surface area contributed by atoms with Crippen LogP contribution < -0.4 is 0 Å². The van der Waals surface area contributed by atoms with Crippen molar-refractivity contribution in [3.8, 4) is 45.3 Å². The van der Waals surface area contributed by atoms with Crippen molar-refractivity contribution in [1.82, 2.24) is 9.55 Å². The van der Waals surface area contributed by atoms with Crippen molar-refractivity contribution in [2.45, 2.75) is 0 Å². The Morgan fingerprint density at radius 1 is 0.419 bits per heavy atom. The molecule has 13 rings (SSSR count). The molecule has 0 radical (unpaired) electrons. The van der Waals surface area contributed by atoms with Crippen molar-refractivity contribution in [2.75, 3.05) is 0 Å². The number of nitriles is 1. The molecule has 3 nitrogen and oxygen atoms in total. The fraction of sp³-hybridized carbons (Fsp3) is 0. The van der Waals surface area contributed by atoms with Crippen LogP contribution >= 0.6 is 11.3 Å². The van der Waals surface area contributed by atoms with Crippen LogP contribution in [0.3, 0.4) is 0 Å². The summed E-state index contributed by atoms with van der Waals surface area (Å²) in [6.07, 6.45) is 0. The molecule has 0 fully saturated rings. The van der Waals surface area contributed by atoms with Crippen LogP contribution in [0.15, 0.2) is 200 Å². The Hall–Kier alpha value is -8.10. The lowest BCUT2D eigenvalue weighted by molar-refractivity contribution is 1.18. The van der Waals surface area contributed by atoms with E-state index in [1.165, 1.54) is 63.6 Å². The highest BCUT2D eigenvalue weighted by molar-refractivity contribution is 7.26. The molecule has 0 aliphatic carbocycles. The van der Waals surface area contributed by atoms with Crippen molar-refractivity contribution >= 4 is 96.5 Å². The number of fused-ring (bicyclic) bond motifs is 12. The van der Waals surface area contributed by atoms with Crippen molar-refractivity contribution in [3.05, 3.63) is 206 Å². The molecule has 0 unspecified atom stereocenters. The van der Waals surface area contributed by atoms with E-state index in [9.17, 15) is 5.26 Å². The quantitative estimate of drug-likeness (QED) is 0.131. The van der Waals surface area contributed by atoms with E-state index >= 15 is 0 Å². The molecule has 0 aliphatic heterocycles. The SMILES string of the molecule is N#Cc1ccc2c(c1)c1cc(-c3c4ccccc4c(-c4ccc5c(c4)nc(-c4ccccc4)c4ccc6c7ccccc7sc6c45)c4ccccc34)ccc1n2-c1ccccc1. The number of hydrogen-bond donors (Lipinski definition) is 0. The molecule has 10 aromatic carbocycles. The third kappa shape index (κ3) is 5.07. The normalized spacial score (nSPS) is 11.9. The third-order valence-electron chi connectivity index (χ3n) is 12.8. The van der Waals surface area contributed by atoms with Gasteiger partial charge in [0.1, 0.15) is 0 Å². The first-order chi connectivity index (χ1) is 30.7. The summed E-state index contributed by atoms with van der Waals surface area (Å²) in [6.45, 7) is 0. The summed E-state index contributed by atoms with van der Waals surface area (Å²) in [7, 11) is 0. The standard InChI is InChI=1S/C58H33N3S/c59-34-35-23-29-51-48(31-35)49-32-37(25-30-52(49)61(51)39-15-5-2-6-16-39)54-41-18-7-9-20-43(41)55(44-21-10-8-19-42(44)54)38-24-26-46-50(33-38)60-57(36-13-3-1-4-14-36)47-28-27-45-40-17-11-12-22-53(40)62-58(45)56(46)47/h1-33H. The third-order valence-corrected chi connectivity index (χ3v) is 14.0. The number of pyridine rings is 1. The Bertz CT molecular complexity index is 3980. The lowest BCUT2D eigenvalue weighted by Gasteiger charge is -2.18. The zero-order chi connectivity index (χ0) is 40.9. The maximum atomic E-state index is 9.96. The summed E-state index contributed by atoms with van der Waals surface area (Å²) in [4.78, 5) is 5.52. The second-order valence-electron chi connectivity index (χ2n) is 16.1. The van der Waals surface area contributed by atoms with Crippen molar-refractivity contribution in [2.24, 2.45) is 0 Å². The fourth-order valence-electron chi connectivity index (χ4n) is 10.1. The minimum Gasteiger partial charge on any atom is -0.309 e. The minimum absolute atomic E-state index is 0.650. The number of aromatic nitrogens is 2. The van der Waals surface area contributed by atoms with Gasteiger partial charge in [0.15, 0.2) is 0 Å². The van der Waals surface area contributed by atoms with E-state index in [4.69, 9.17) is 4.98 Å². The van der Waals surface area contributed by atoms with Crippen molar-refractivity contribution < 1.29 is 0 Å². The van der Waals surface area contributed by atoms with Crippen molar-refractivity contribution in [3.63, 3.8) is 0 Å². The van der Waals surface area contributed by atoms with Gasteiger partial charge in [-0.15, -0.1) is 11.3 Å². The first-order valence-electron chi connectivity index (χ1n) is 20.9. The predicted octanol–water partition coefficient (Wildman–Crippen LogP) is 16.0. The average Bonchev–Trinajstić information content (AvgIpc) is 3.88. The highest BCUT2D eigenvalue weighted by atomic mass is 32.1. The van der Waals surface area contributed by atoms with Gasteiger partial charge < -0.3 is 4.57 Å². The molecule has 286 valence electrons. The van der Waals surface area contributed by atoms with Gasteiger partial charge in [-0.1, -0.05) is 146 Å². The van der Waals surface area contributed by atoms with Gasteiger partial charge >= 0.3 is 0 Å². The maximum absolute atomic E-state index is 9.96. The molecule has 0 N–H and O–H groups in total. The summed E-state index contributed by atoms with van der Waals surface area (Å²) in [5, 5.41) is 23.1. The second kappa shape index (κ2) is 13.5. The number of benzene rings is 10. The number of thiophene rings is 1. The average molecular weight is 804 g/mol.